The predicted molar refractivity (Wildman–Crippen MR) is 132 cm³/mol. The Balaban J connectivity index is 1.62. The molecule has 0 aliphatic heterocycles. The molecule has 0 bridgehead atoms. The molecular formula is C27H25N5O. The Morgan fingerprint density at radius 3 is 2.39 bits per heavy atom. The van der Waals surface area contributed by atoms with Crippen LogP contribution in [-0.4, -0.2) is 24.9 Å². The average molecular weight is 436 g/mol. The maximum atomic E-state index is 11.1. The molecular weight excluding hydrogens is 410 g/mol. The van der Waals surface area contributed by atoms with Crippen LogP contribution >= 0.6 is 0 Å². The molecule has 33 heavy (non-hydrogen) atoms. The van der Waals surface area contributed by atoms with Crippen LogP contribution in [0.1, 0.15) is 22.3 Å². The van der Waals surface area contributed by atoms with E-state index >= 15 is 0 Å². The molecule has 0 atom stereocenters. The second kappa shape index (κ2) is 8.76. The molecule has 6 heteroatoms. The summed E-state index contributed by atoms with van der Waals surface area (Å²) in [6, 6.07) is 24.1. The first-order valence-electron chi connectivity index (χ1n) is 10.8. The van der Waals surface area contributed by atoms with E-state index in [2.05, 4.69) is 17.1 Å². The molecule has 0 amide bonds. The molecule has 6 nitrogen and oxygen atoms in total. The molecule has 5 rings (SSSR count). The van der Waals surface area contributed by atoms with Gasteiger partial charge in [0, 0.05) is 43.5 Å². The number of aromatic nitrogens is 3. The minimum atomic E-state index is 0.189. The SMILES string of the molecule is Cn1c(O)c(C(=Nc2ccc(Cn3ccnc3)cc2)c2ccc(CN)cc2)c2ccccc21. The van der Waals surface area contributed by atoms with E-state index in [1.54, 1.807) is 17.1 Å². The summed E-state index contributed by atoms with van der Waals surface area (Å²) in [6.45, 7) is 1.23. The molecule has 2 heterocycles. The van der Waals surface area contributed by atoms with E-state index in [1.165, 1.54) is 0 Å². The summed E-state index contributed by atoms with van der Waals surface area (Å²) in [5.74, 6) is 0.189. The third-order valence-corrected chi connectivity index (χ3v) is 5.88. The third-order valence-electron chi connectivity index (χ3n) is 5.88. The van der Waals surface area contributed by atoms with E-state index < -0.39 is 0 Å². The first-order valence-corrected chi connectivity index (χ1v) is 10.8. The van der Waals surface area contributed by atoms with Crippen LogP contribution in [0.3, 0.4) is 0 Å². The van der Waals surface area contributed by atoms with Gasteiger partial charge in [0.15, 0.2) is 0 Å². The molecule has 3 N–H and O–H groups in total. The number of nitrogens with zero attached hydrogens (tertiary/aromatic N) is 4. The van der Waals surface area contributed by atoms with Crippen molar-refractivity contribution in [3.05, 3.63) is 114 Å². The van der Waals surface area contributed by atoms with Gasteiger partial charge in [-0.3, -0.25) is 0 Å². The predicted octanol–water partition coefficient (Wildman–Crippen LogP) is 4.76. The van der Waals surface area contributed by atoms with Crippen molar-refractivity contribution in [2.75, 3.05) is 0 Å². The normalized spacial score (nSPS) is 11.9. The minimum Gasteiger partial charge on any atom is -0.494 e. The number of aliphatic imine (C=N–C) groups is 1. The molecule has 0 radical (unpaired) electrons. The van der Waals surface area contributed by atoms with Crippen molar-refractivity contribution in [1.82, 2.24) is 14.1 Å². The quantitative estimate of drug-likeness (QED) is 0.378. The van der Waals surface area contributed by atoms with E-state index in [4.69, 9.17) is 10.7 Å². The summed E-state index contributed by atoms with van der Waals surface area (Å²) >= 11 is 0. The van der Waals surface area contributed by atoms with Gasteiger partial charge in [0.2, 0.25) is 5.88 Å². The Labute approximate surface area is 192 Å². The number of aryl methyl sites for hydroxylation is 1. The first kappa shape index (κ1) is 20.7. The van der Waals surface area contributed by atoms with Crippen LogP contribution < -0.4 is 5.73 Å². The fourth-order valence-corrected chi connectivity index (χ4v) is 4.07. The molecule has 0 unspecified atom stereocenters. The van der Waals surface area contributed by atoms with Gasteiger partial charge in [-0.15, -0.1) is 0 Å². The van der Waals surface area contributed by atoms with Gasteiger partial charge >= 0.3 is 0 Å². The van der Waals surface area contributed by atoms with Gasteiger partial charge in [-0.05, 0) is 29.3 Å². The Morgan fingerprint density at radius 1 is 0.970 bits per heavy atom. The molecule has 0 spiro atoms. The van der Waals surface area contributed by atoms with Crippen molar-refractivity contribution in [2.24, 2.45) is 17.8 Å². The Hall–Kier alpha value is -4.16. The van der Waals surface area contributed by atoms with Gasteiger partial charge in [-0.25, -0.2) is 9.98 Å². The van der Waals surface area contributed by atoms with Gasteiger partial charge in [0.25, 0.3) is 0 Å². The van der Waals surface area contributed by atoms with Crippen LogP contribution in [-0.2, 0) is 20.1 Å². The van der Waals surface area contributed by atoms with Crippen molar-refractivity contribution in [1.29, 1.82) is 0 Å². The monoisotopic (exact) mass is 435 g/mol. The van der Waals surface area contributed by atoms with Gasteiger partial charge in [0.1, 0.15) is 0 Å². The zero-order valence-electron chi connectivity index (χ0n) is 18.4. The molecule has 0 saturated carbocycles. The number of benzene rings is 3. The van der Waals surface area contributed by atoms with Crippen LogP contribution in [0.15, 0.2) is 96.5 Å². The standard InChI is InChI=1S/C27H25N5O/c1-31-24-5-3-2-4-23(24)25(27(31)33)26(21-10-6-19(16-28)7-11-21)30-22-12-8-20(9-13-22)17-32-15-14-29-18-32/h2-15,18,33H,16-17,28H2,1H3. The summed E-state index contributed by atoms with van der Waals surface area (Å²) in [5, 5.41) is 12.0. The van der Waals surface area contributed by atoms with Crippen LogP contribution in [0.5, 0.6) is 5.88 Å². The molecule has 0 aliphatic carbocycles. The lowest BCUT2D eigenvalue weighted by molar-refractivity contribution is 0.434. The lowest BCUT2D eigenvalue weighted by Gasteiger charge is -2.10. The number of hydrogen-bond acceptors (Lipinski definition) is 4. The topological polar surface area (TPSA) is 81.4 Å². The van der Waals surface area contributed by atoms with Gasteiger partial charge in [-0.1, -0.05) is 54.6 Å². The Morgan fingerprint density at radius 2 is 1.70 bits per heavy atom. The first-order chi connectivity index (χ1) is 16.1. The van der Waals surface area contributed by atoms with Crippen LogP contribution in [0, 0.1) is 0 Å². The zero-order chi connectivity index (χ0) is 22.8. The second-order valence-corrected chi connectivity index (χ2v) is 8.04. The second-order valence-electron chi connectivity index (χ2n) is 8.04. The van der Waals surface area contributed by atoms with E-state index in [0.717, 1.165) is 51.1 Å². The highest BCUT2D eigenvalue weighted by atomic mass is 16.3. The lowest BCUT2D eigenvalue weighted by atomic mass is 9.99. The smallest absolute Gasteiger partial charge is 0.201 e. The third kappa shape index (κ3) is 4.04. The van der Waals surface area contributed by atoms with Gasteiger partial charge in [-0.2, -0.15) is 0 Å². The molecule has 5 aromatic rings. The Kier molecular flexibility index (Phi) is 5.50. The van der Waals surface area contributed by atoms with Gasteiger partial charge in [0.05, 0.1) is 28.8 Å². The molecule has 0 saturated heterocycles. The molecule has 164 valence electrons. The van der Waals surface area contributed by atoms with Gasteiger partial charge < -0.3 is 20.0 Å². The van der Waals surface area contributed by atoms with Crippen LogP contribution in [0.2, 0.25) is 0 Å². The molecule has 2 aromatic heterocycles. The van der Waals surface area contributed by atoms with Crippen molar-refractivity contribution in [2.45, 2.75) is 13.1 Å². The van der Waals surface area contributed by atoms with E-state index in [0.29, 0.717) is 6.54 Å². The summed E-state index contributed by atoms with van der Waals surface area (Å²) in [7, 11) is 1.86. The van der Waals surface area contributed by atoms with E-state index in [9.17, 15) is 5.11 Å². The van der Waals surface area contributed by atoms with Crippen LogP contribution in [0.25, 0.3) is 10.9 Å². The van der Waals surface area contributed by atoms with Crippen molar-refractivity contribution in [3.63, 3.8) is 0 Å². The highest BCUT2D eigenvalue weighted by Gasteiger charge is 2.20. The van der Waals surface area contributed by atoms with Crippen LogP contribution in [0.4, 0.5) is 5.69 Å². The fourth-order valence-electron chi connectivity index (χ4n) is 4.07. The molecule has 0 aliphatic rings. The maximum absolute atomic E-state index is 11.1. The number of rotatable bonds is 6. The highest BCUT2D eigenvalue weighted by molar-refractivity contribution is 6.22. The summed E-state index contributed by atoms with van der Waals surface area (Å²) in [6.07, 6.45) is 5.52. The Bertz CT molecular complexity index is 1410. The van der Waals surface area contributed by atoms with E-state index in [-0.39, 0.29) is 5.88 Å². The minimum absolute atomic E-state index is 0.189. The van der Waals surface area contributed by atoms with E-state index in [1.807, 2.05) is 78.5 Å². The maximum Gasteiger partial charge on any atom is 0.201 e. The van der Waals surface area contributed by atoms with Crippen molar-refractivity contribution >= 4 is 22.3 Å². The number of aromatic hydroxyl groups is 1. The number of para-hydroxylation sites is 1. The molecule has 0 fully saturated rings. The largest absolute Gasteiger partial charge is 0.494 e. The average Bonchev–Trinajstić information content (AvgIpc) is 3.45. The highest BCUT2D eigenvalue weighted by Crippen LogP contribution is 2.33. The van der Waals surface area contributed by atoms with Crippen molar-refractivity contribution in [3.8, 4) is 5.88 Å². The lowest BCUT2D eigenvalue weighted by Crippen LogP contribution is -2.05. The number of nitrogens with two attached hydrogens (primary N) is 1. The number of hydrogen-bond donors (Lipinski definition) is 2. The zero-order valence-corrected chi connectivity index (χ0v) is 18.4. The summed E-state index contributed by atoms with van der Waals surface area (Å²) < 4.78 is 3.82. The number of fused-ring (bicyclic) bond motifs is 1. The fraction of sp³-hybridized carbons (Fsp3) is 0.111. The molecule has 3 aromatic carbocycles. The number of imidazole rings is 1. The summed E-state index contributed by atoms with van der Waals surface area (Å²) in [4.78, 5) is 9.11. The van der Waals surface area contributed by atoms with Crippen molar-refractivity contribution < 1.29 is 5.11 Å². The summed E-state index contributed by atoms with van der Waals surface area (Å²) in [5.41, 5.74) is 12.1.